The van der Waals surface area contributed by atoms with Crippen molar-refractivity contribution >= 4 is 57.9 Å². The fourth-order valence-corrected chi connectivity index (χ4v) is 4.47. The van der Waals surface area contributed by atoms with Crippen molar-refractivity contribution in [3.05, 3.63) is 64.7 Å². The normalized spacial score (nSPS) is 10.5. The number of anilines is 3. The Morgan fingerprint density at radius 2 is 1.62 bits per heavy atom. The van der Waals surface area contributed by atoms with Crippen molar-refractivity contribution in [1.82, 2.24) is 4.98 Å². The third-order valence-electron chi connectivity index (χ3n) is 4.36. The number of nitrogens with one attached hydrogen (secondary N) is 3. The molecule has 2 aromatic carbocycles. The molecule has 166 valence electrons. The number of carbonyl (C=O) groups excluding carboxylic acids is 3. The zero-order valence-electron chi connectivity index (χ0n) is 18.0. The van der Waals surface area contributed by atoms with E-state index in [0.29, 0.717) is 17.1 Å². The lowest BCUT2D eigenvalue weighted by atomic mass is 10.1. The van der Waals surface area contributed by atoms with E-state index in [2.05, 4.69) is 20.9 Å². The van der Waals surface area contributed by atoms with Crippen molar-refractivity contribution in [2.24, 2.45) is 0 Å². The molecular formula is C23H24N4O3S2. The summed E-state index contributed by atoms with van der Waals surface area (Å²) < 4.78 is 0.732. The number of carbonyl (C=O) groups is 3. The first kappa shape index (κ1) is 23.5. The lowest BCUT2D eigenvalue weighted by molar-refractivity contribution is -0.116. The van der Waals surface area contributed by atoms with Gasteiger partial charge >= 0.3 is 0 Å². The van der Waals surface area contributed by atoms with E-state index in [1.165, 1.54) is 30.0 Å². The van der Waals surface area contributed by atoms with Crippen LogP contribution in [0.4, 0.5) is 17.1 Å². The minimum absolute atomic E-state index is 0.124. The van der Waals surface area contributed by atoms with Crippen LogP contribution < -0.4 is 16.0 Å². The Kier molecular flexibility index (Phi) is 8.02. The third kappa shape index (κ3) is 7.21. The van der Waals surface area contributed by atoms with Gasteiger partial charge in [-0.2, -0.15) is 0 Å². The van der Waals surface area contributed by atoms with Crippen LogP contribution in [-0.2, 0) is 20.8 Å². The molecule has 1 aromatic heterocycles. The molecule has 7 nitrogen and oxygen atoms in total. The zero-order chi connectivity index (χ0) is 23.1. The van der Waals surface area contributed by atoms with Crippen LogP contribution in [0.3, 0.4) is 0 Å². The molecule has 1 heterocycles. The standard InChI is InChI=1S/C23H24N4O3S2/c1-14-4-5-15(2)20(10-14)27-21(29)11-19-12-31-23(26-19)32-13-22(30)25-18-8-6-17(7-9-18)24-16(3)28/h4-10,12H,11,13H2,1-3H3,(H,24,28)(H,25,30)(H,27,29). The first-order valence-electron chi connectivity index (χ1n) is 9.90. The Morgan fingerprint density at radius 1 is 0.938 bits per heavy atom. The molecule has 0 fully saturated rings. The van der Waals surface area contributed by atoms with Crippen LogP contribution >= 0.6 is 23.1 Å². The number of thiazole rings is 1. The first-order chi connectivity index (χ1) is 15.3. The predicted octanol–water partition coefficient (Wildman–Crippen LogP) is 4.63. The van der Waals surface area contributed by atoms with E-state index in [4.69, 9.17) is 0 Å². The molecule has 0 aliphatic rings. The molecule has 0 saturated carbocycles. The Labute approximate surface area is 195 Å². The highest BCUT2D eigenvalue weighted by atomic mass is 32.2. The van der Waals surface area contributed by atoms with Gasteiger partial charge in [-0.25, -0.2) is 4.98 Å². The maximum atomic E-state index is 12.4. The summed E-state index contributed by atoms with van der Waals surface area (Å²) >= 11 is 2.73. The van der Waals surface area contributed by atoms with Crippen LogP contribution in [-0.4, -0.2) is 28.5 Å². The lowest BCUT2D eigenvalue weighted by Gasteiger charge is -2.08. The van der Waals surface area contributed by atoms with Crippen LogP contribution in [0.2, 0.25) is 0 Å². The van der Waals surface area contributed by atoms with Gasteiger partial charge in [-0.05, 0) is 55.3 Å². The van der Waals surface area contributed by atoms with Crippen LogP contribution in [0.15, 0.2) is 52.2 Å². The van der Waals surface area contributed by atoms with Crippen molar-refractivity contribution in [2.45, 2.75) is 31.5 Å². The summed E-state index contributed by atoms with van der Waals surface area (Å²) in [5.74, 6) is -0.230. The fraction of sp³-hybridized carbons (Fsp3) is 0.217. The number of benzene rings is 2. The summed E-state index contributed by atoms with van der Waals surface area (Å²) in [6.07, 6.45) is 0.178. The van der Waals surface area contributed by atoms with Gasteiger partial charge in [0.15, 0.2) is 4.34 Å². The average molecular weight is 469 g/mol. The maximum absolute atomic E-state index is 12.4. The summed E-state index contributed by atoms with van der Waals surface area (Å²) in [4.78, 5) is 40.1. The molecule has 0 bridgehead atoms. The molecule has 32 heavy (non-hydrogen) atoms. The number of aromatic nitrogens is 1. The second-order valence-corrected chi connectivity index (χ2v) is 9.32. The summed E-state index contributed by atoms with van der Waals surface area (Å²) in [5, 5.41) is 10.3. The van der Waals surface area contributed by atoms with Crippen molar-refractivity contribution in [3.63, 3.8) is 0 Å². The second kappa shape index (κ2) is 10.9. The molecule has 0 aliphatic heterocycles. The van der Waals surface area contributed by atoms with Crippen LogP contribution in [0.5, 0.6) is 0 Å². The quantitative estimate of drug-likeness (QED) is 0.419. The molecule has 9 heteroatoms. The summed E-state index contributed by atoms with van der Waals surface area (Å²) in [6, 6.07) is 12.8. The SMILES string of the molecule is CC(=O)Nc1ccc(NC(=O)CSc2nc(CC(=O)Nc3cc(C)ccc3C)cs2)cc1. The molecule has 0 saturated heterocycles. The van der Waals surface area contributed by atoms with E-state index >= 15 is 0 Å². The van der Waals surface area contributed by atoms with Crippen LogP contribution in [0, 0.1) is 13.8 Å². The van der Waals surface area contributed by atoms with E-state index in [1.807, 2.05) is 37.4 Å². The summed E-state index contributed by atoms with van der Waals surface area (Å²) in [7, 11) is 0. The van der Waals surface area contributed by atoms with Gasteiger partial charge in [0.25, 0.3) is 0 Å². The number of aryl methyl sites for hydroxylation is 2. The third-order valence-corrected chi connectivity index (χ3v) is 6.43. The molecule has 0 spiro atoms. The molecule has 0 atom stereocenters. The van der Waals surface area contributed by atoms with Gasteiger partial charge < -0.3 is 16.0 Å². The number of hydrogen-bond donors (Lipinski definition) is 3. The van der Waals surface area contributed by atoms with Gasteiger partial charge in [0.2, 0.25) is 17.7 Å². The fourth-order valence-electron chi connectivity index (χ4n) is 2.83. The lowest BCUT2D eigenvalue weighted by Crippen LogP contribution is -2.15. The smallest absolute Gasteiger partial charge is 0.234 e. The largest absolute Gasteiger partial charge is 0.326 e. The van der Waals surface area contributed by atoms with Gasteiger partial charge in [0.1, 0.15) is 0 Å². The first-order valence-corrected chi connectivity index (χ1v) is 11.8. The number of rotatable bonds is 8. The highest BCUT2D eigenvalue weighted by Crippen LogP contribution is 2.24. The Bertz CT molecular complexity index is 1130. The van der Waals surface area contributed by atoms with E-state index in [9.17, 15) is 14.4 Å². The molecule has 3 N–H and O–H groups in total. The number of nitrogens with zero attached hydrogens (tertiary/aromatic N) is 1. The van der Waals surface area contributed by atoms with Crippen LogP contribution in [0.1, 0.15) is 23.7 Å². The van der Waals surface area contributed by atoms with E-state index in [-0.39, 0.29) is 29.9 Å². The maximum Gasteiger partial charge on any atom is 0.234 e. The Hall–Kier alpha value is -3.17. The van der Waals surface area contributed by atoms with E-state index in [1.54, 1.807) is 24.3 Å². The van der Waals surface area contributed by atoms with Gasteiger partial charge in [0, 0.05) is 29.4 Å². The number of hydrogen-bond acceptors (Lipinski definition) is 6. The minimum Gasteiger partial charge on any atom is -0.326 e. The molecular weight excluding hydrogens is 444 g/mol. The highest BCUT2D eigenvalue weighted by molar-refractivity contribution is 8.01. The van der Waals surface area contributed by atoms with Crippen molar-refractivity contribution < 1.29 is 14.4 Å². The summed E-state index contributed by atoms with van der Waals surface area (Å²) in [6.45, 7) is 5.37. The highest BCUT2D eigenvalue weighted by Gasteiger charge is 2.11. The number of amides is 3. The predicted molar refractivity (Wildman–Crippen MR) is 130 cm³/mol. The molecule has 3 rings (SSSR count). The number of thioether (sulfide) groups is 1. The van der Waals surface area contributed by atoms with Gasteiger partial charge in [-0.3, -0.25) is 14.4 Å². The monoisotopic (exact) mass is 468 g/mol. The van der Waals surface area contributed by atoms with Gasteiger partial charge in [-0.15, -0.1) is 11.3 Å². The average Bonchev–Trinajstić information content (AvgIpc) is 3.17. The molecule has 3 amide bonds. The summed E-state index contributed by atoms with van der Waals surface area (Å²) in [5.41, 5.74) is 4.89. The van der Waals surface area contributed by atoms with Crippen molar-refractivity contribution in [2.75, 3.05) is 21.7 Å². The molecule has 0 radical (unpaired) electrons. The Balaban J connectivity index is 1.46. The molecule has 0 aliphatic carbocycles. The minimum atomic E-state index is -0.160. The van der Waals surface area contributed by atoms with E-state index < -0.39 is 0 Å². The van der Waals surface area contributed by atoms with Crippen LogP contribution in [0.25, 0.3) is 0 Å². The van der Waals surface area contributed by atoms with Crippen molar-refractivity contribution in [1.29, 1.82) is 0 Å². The van der Waals surface area contributed by atoms with Gasteiger partial charge in [-0.1, -0.05) is 23.9 Å². The van der Waals surface area contributed by atoms with Crippen molar-refractivity contribution in [3.8, 4) is 0 Å². The molecule has 3 aromatic rings. The van der Waals surface area contributed by atoms with E-state index in [0.717, 1.165) is 21.2 Å². The zero-order valence-corrected chi connectivity index (χ0v) is 19.7. The topological polar surface area (TPSA) is 100 Å². The second-order valence-electron chi connectivity index (χ2n) is 7.24. The van der Waals surface area contributed by atoms with Gasteiger partial charge in [0.05, 0.1) is 17.9 Å². The molecule has 0 unspecified atom stereocenters. The Morgan fingerprint density at radius 3 is 2.31 bits per heavy atom.